The zero-order chi connectivity index (χ0) is 13.3. The van der Waals surface area contributed by atoms with Crippen LogP contribution in [0.5, 0.6) is 0 Å². The van der Waals surface area contributed by atoms with Gasteiger partial charge in [-0.3, -0.25) is 0 Å². The highest BCUT2D eigenvalue weighted by Crippen LogP contribution is 2.22. The molecular formula is C13H15N2O2S2+. The summed E-state index contributed by atoms with van der Waals surface area (Å²) in [7, 11) is -3.49. The average molecular weight is 295 g/mol. The molecule has 1 aliphatic carbocycles. The quantitative estimate of drug-likeness (QED) is 0.879. The summed E-state index contributed by atoms with van der Waals surface area (Å²) in [5, 5.41) is 0. The van der Waals surface area contributed by atoms with Crippen LogP contribution >= 0.6 is 11.5 Å². The van der Waals surface area contributed by atoms with Gasteiger partial charge in [-0.05, 0) is 41.9 Å². The lowest BCUT2D eigenvalue weighted by molar-refractivity contribution is -0.564. The molecule has 1 N–H and O–H groups in total. The van der Waals surface area contributed by atoms with Gasteiger partial charge in [0.05, 0.1) is 9.77 Å². The molecule has 0 fully saturated rings. The van der Waals surface area contributed by atoms with Gasteiger partial charge in [0, 0.05) is 5.56 Å². The fourth-order valence-corrected chi connectivity index (χ4v) is 4.52. The Morgan fingerprint density at radius 1 is 1.11 bits per heavy atom. The van der Waals surface area contributed by atoms with Gasteiger partial charge in [-0.1, -0.05) is 23.0 Å². The summed E-state index contributed by atoms with van der Waals surface area (Å²) >= 11 is 1.48. The van der Waals surface area contributed by atoms with Gasteiger partial charge in [0.25, 0.3) is 0 Å². The first-order chi connectivity index (χ1) is 9.15. The molecule has 0 unspecified atom stereocenters. The van der Waals surface area contributed by atoms with Crippen molar-refractivity contribution in [2.45, 2.75) is 30.6 Å². The van der Waals surface area contributed by atoms with E-state index in [0.717, 1.165) is 12.8 Å². The normalized spacial score (nSPS) is 14.9. The Kier molecular flexibility index (Phi) is 3.28. The van der Waals surface area contributed by atoms with Crippen molar-refractivity contribution in [2.24, 2.45) is 0 Å². The smallest absolute Gasteiger partial charge is 0.197 e. The maximum atomic E-state index is 12.2. The third kappa shape index (κ3) is 2.64. The SMILES string of the molecule is O=S(=O)(N[n+]1cc2c(s1)CCCC2)c1ccccc1. The highest BCUT2D eigenvalue weighted by molar-refractivity contribution is 7.92. The lowest BCUT2D eigenvalue weighted by atomic mass is 10.0. The summed E-state index contributed by atoms with van der Waals surface area (Å²) in [5.41, 5.74) is 1.27. The van der Waals surface area contributed by atoms with Gasteiger partial charge in [0.1, 0.15) is 0 Å². The molecule has 3 rings (SSSR count). The van der Waals surface area contributed by atoms with Gasteiger partial charge in [0.15, 0.2) is 11.5 Å². The van der Waals surface area contributed by atoms with Gasteiger partial charge in [-0.25, -0.2) is 0 Å². The molecule has 0 saturated heterocycles. The standard InChI is InChI=1S/C13H15N2O2S2/c16-19(17,12-7-2-1-3-8-12)14-15-10-11-6-4-5-9-13(11)18-15/h1-3,7-8,10,14H,4-6,9H2/q+1. The van der Waals surface area contributed by atoms with Gasteiger partial charge >= 0.3 is 10.0 Å². The molecule has 1 aromatic heterocycles. The topological polar surface area (TPSA) is 50.1 Å². The van der Waals surface area contributed by atoms with Crippen molar-refractivity contribution in [3.8, 4) is 0 Å². The van der Waals surface area contributed by atoms with Gasteiger partial charge in [0.2, 0.25) is 6.20 Å². The Morgan fingerprint density at radius 3 is 2.58 bits per heavy atom. The Labute approximate surface area is 116 Å². The maximum absolute atomic E-state index is 12.2. The summed E-state index contributed by atoms with van der Waals surface area (Å²) in [6.45, 7) is 0. The van der Waals surface area contributed by atoms with Crippen molar-refractivity contribution in [1.82, 2.24) is 0 Å². The van der Waals surface area contributed by atoms with E-state index in [1.54, 1.807) is 34.4 Å². The second kappa shape index (κ2) is 4.94. The van der Waals surface area contributed by atoms with E-state index in [4.69, 9.17) is 0 Å². The molecule has 0 amide bonds. The zero-order valence-electron chi connectivity index (χ0n) is 10.4. The van der Waals surface area contributed by atoms with Crippen molar-refractivity contribution in [3.63, 3.8) is 0 Å². The highest BCUT2D eigenvalue weighted by atomic mass is 32.2. The number of nitrogens with zero attached hydrogens (tertiary/aromatic N) is 1. The van der Waals surface area contributed by atoms with Crippen molar-refractivity contribution < 1.29 is 12.5 Å². The minimum absolute atomic E-state index is 0.286. The number of nitrogens with one attached hydrogen (secondary N) is 1. The molecule has 0 aliphatic heterocycles. The fraction of sp³-hybridized carbons (Fsp3) is 0.308. The van der Waals surface area contributed by atoms with Crippen molar-refractivity contribution in [3.05, 3.63) is 47.0 Å². The van der Waals surface area contributed by atoms with Crippen LogP contribution < -0.4 is 8.90 Å². The number of fused-ring (bicyclic) bond motifs is 1. The predicted octanol–water partition coefficient (Wildman–Crippen LogP) is 1.85. The molecule has 1 heterocycles. The molecule has 4 nitrogen and oxygen atoms in total. The third-order valence-electron chi connectivity index (χ3n) is 3.20. The molecule has 0 spiro atoms. The Balaban J connectivity index is 1.87. The van der Waals surface area contributed by atoms with Crippen LogP contribution in [-0.2, 0) is 22.9 Å². The van der Waals surface area contributed by atoms with E-state index in [-0.39, 0.29) is 4.90 Å². The van der Waals surface area contributed by atoms with Crippen LogP contribution in [-0.4, -0.2) is 8.42 Å². The van der Waals surface area contributed by atoms with E-state index < -0.39 is 10.0 Å². The molecule has 1 aliphatic rings. The van der Waals surface area contributed by atoms with Gasteiger partial charge in [-0.2, -0.15) is 8.42 Å². The Hall–Kier alpha value is -1.40. The molecule has 1 aromatic carbocycles. The molecule has 0 atom stereocenters. The van der Waals surface area contributed by atoms with Crippen LogP contribution in [0.3, 0.4) is 0 Å². The summed E-state index contributed by atoms with van der Waals surface area (Å²) < 4.78 is 26.0. The highest BCUT2D eigenvalue weighted by Gasteiger charge is 2.24. The third-order valence-corrected chi connectivity index (χ3v) is 5.73. The Bertz CT molecular complexity index is 654. The second-order valence-electron chi connectivity index (χ2n) is 4.61. The molecule has 0 bridgehead atoms. The number of aryl methyl sites for hydroxylation is 2. The van der Waals surface area contributed by atoms with Crippen molar-refractivity contribution in [2.75, 3.05) is 4.83 Å². The van der Waals surface area contributed by atoms with Crippen LogP contribution in [0.15, 0.2) is 41.4 Å². The Morgan fingerprint density at radius 2 is 1.84 bits per heavy atom. The van der Waals surface area contributed by atoms with E-state index in [1.165, 1.54) is 34.8 Å². The first-order valence-corrected chi connectivity index (χ1v) is 8.52. The van der Waals surface area contributed by atoms with Crippen LogP contribution in [0.4, 0.5) is 0 Å². The number of sulfonamides is 1. The van der Waals surface area contributed by atoms with Gasteiger partial charge in [-0.15, -0.1) is 0 Å². The molecular weight excluding hydrogens is 280 g/mol. The number of hydrogen-bond donors (Lipinski definition) is 1. The van der Waals surface area contributed by atoms with Crippen molar-refractivity contribution in [1.29, 1.82) is 0 Å². The molecule has 6 heteroatoms. The van der Waals surface area contributed by atoms with Crippen molar-refractivity contribution >= 4 is 21.6 Å². The summed E-state index contributed by atoms with van der Waals surface area (Å²) in [6.07, 6.45) is 6.39. The van der Waals surface area contributed by atoms with Crippen LogP contribution in [0.1, 0.15) is 23.3 Å². The fourth-order valence-electron chi connectivity index (χ4n) is 2.24. The second-order valence-corrected chi connectivity index (χ2v) is 7.34. The number of benzene rings is 1. The largest absolute Gasteiger partial charge is 0.307 e. The lowest BCUT2D eigenvalue weighted by Gasteiger charge is -2.04. The number of aromatic nitrogens is 1. The molecule has 2 aromatic rings. The summed E-state index contributed by atoms with van der Waals surface area (Å²) in [4.78, 5) is 4.18. The first kappa shape index (κ1) is 12.6. The van der Waals surface area contributed by atoms with Crippen LogP contribution in [0.2, 0.25) is 0 Å². The van der Waals surface area contributed by atoms with E-state index in [0.29, 0.717) is 0 Å². The molecule has 0 radical (unpaired) electrons. The lowest BCUT2D eigenvalue weighted by Crippen LogP contribution is -2.44. The summed E-state index contributed by atoms with van der Waals surface area (Å²) in [6, 6.07) is 8.43. The van der Waals surface area contributed by atoms with E-state index in [2.05, 4.69) is 4.83 Å². The minimum Gasteiger partial charge on any atom is -0.197 e. The van der Waals surface area contributed by atoms with Crippen LogP contribution in [0.25, 0.3) is 0 Å². The first-order valence-electron chi connectivity index (χ1n) is 6.27. The van der Waals surface area contributed by atoms with Crippen LogP contribution in [0, 0.1) is 0 Å². The molecule has 0 saturated carbocycles. The zero-order valence-corrected chi connectivity index (χ0v) is 12.0. The average Bonchev–Trinajstić information content (AvgIpc) is 2.81. The maximum Gasteiger partial charge on any atom is 0.307 e. The number of hydrogen-bond acceptors (Lipinski definition) is 3. The van der Waals surface area contributed by atoms with E-state index >= 15 is 0 Å². The summed E-state index contributed by atoms with van der Waals surface area (Å²) in [5.74, 6) is 0. The minimum atomic E-state index is -3.49. The van der Waals surface area contributed by atoms with E-state index in [1.807, 2.05) is 6.20 Å². The monoisotopic (exact) mass is 295 g/mol. The molecule has 100 valence electrons. The van der Waals surface area contributed by atoms with E-state index in [9.17, 15) is 8.42 Å². The number of rotatable bonds is 3. The predicted molar refractivity (Wildman–Crippen MR) is 74.1 cm³/mol. The van der Waals surface area contributed by atoms with Gasteiger partial charge < -0.3 is 0 Å². The molecule has 19 heavy (non-hydrogen) atoms.